The molecule has 1 heterocycles. The highest BCUT2D eigenvalue weighted by molar-refractivity contribution is 7.16. The standard InChI is InChI=1S/C16H15ClFNOS/c1-19(11-14-5-7-16(17)21-14)10-12-4-6-15(18)13(9-12)3-2-8-20/h4-7,9,20H,8,10-11H2,1H3. The van der Waals surface area contributed by atoms with E-state index >= 15 is 0 Å². The summed E-state index contributed by atoms with van der Waals surface area (Å²) in [6.45, 7) is 1.19. The Balaban J connectivity index is 2.05. The zero-order chi connectivity index (χ0) is 15.2. The third kappa shape index (κ3) is 4.83. The van der Waals surface area contributed by atoms with Gasteiger partial charge in [0, 0.05) is 18.0 Å². The number of aliphatic hydroxyl groups is 1. The van der Waals surface area contributed by atoms with E-state index in [9.17, 15) is 4.39 Å². The zero-order valence-corrected chi connectivity index (χ0v) is 13.1. The van der Waals surface area contributed by atoms with Gasteiger partial charge < -0.3 is 5.11 Å². The molecule has 0 aliphatic carbocycles. The minimum atomic E-state index is -0.368. The molecule has 0 aliphatic rings. The van der Waals surface area contributed by atoms with Crippen LogP contribution < -0.4 is 0 Å². The van der Waals surface area contributed by atoms with Crippen LogP contribution in [0, 0.1) is 17.7 Å². The van der Waals surface area contributed by atoms with Gasteiger partial charge in [-0.2, -0.15) is 0 Å². The Kier molecular flexibility index (Phi) is 5.77. The molecule has 2 rings (SSSR count). The Hall–Kier alpha value is -1.38. The molecule has 1 N–H and O–H groups in total. The summed E-state index contributed by atoms with van der Waals surface area (Å²) >= 11 is 7.47. The normalized spacial score (nSPS) is 10.5. The van der Waals surface area contributed by atoms with Crippen LogP contribution in [0.2, 0.25) is 4.34 Å². The van der Waals surface area contributed by atoms with Crippen molar-refractivity contribution in [2.45, 2.75) is 13.1 Å². The fraction of sp³-hybridized carbons (Fsp3) is 0.250. The maximum Gasteiger partial charge on any atom is 0.138 e. The molecule has 21 heavy (non-hydrogen) atoms. The Morgan fingerprint density at radius 3 is 2.76 bits per heavy atom. The van der Waals surface area contributed by atoms with Crippen LogP contribution in [0.5, 0.6) is 0 Å². The van der Waals surface area contributed by atoms with Crippen molar-refractivity contribution in [3.63, 3.8) is 0 Å². The quantitative estimate of drug-likeness (QED) is 0.870. The van der Waals surface area contributed by atoms with Crippen molar-refractivity contribution in [3.05, 3.63) is 56.5 Å². The molecular weight excluding hydrogens is 309 g/mol. The van der Waals surface area contributed by atoms with E-state index in [-0.39, 0.29) is 12.4 Å². The van der Waals surface area contributed by atoms with Gasteiger partial charge in [-0.15, -0.1) is 11.3 Å². The van der Waals surface area contributed by atoms with Crippen LogP contribution >= 0.6 is 22.9 Å². The van der Waals surface area contributed by atoms with Gasteiger partial charge in [0.25, 0.3) is 0 Å². The SMILES string of the molecule is CN(Cc1ccc(F)c(C#CCO)c1)Cc1ccc(Cl)s1. The molecule has 1 aromatic heterocycles. The highest BCUT2D eigenvalue weighted by Gasteiger charge is 2.06. The van der Waals surface area contributed by atoms with Gasteiger partial charge in [-0.3, -0.25) is 4.90 Å². The van der Waals surface area contributed by atoms with Crippen LogP contribution in [-0.2, 0) is 13.1 Å². The smallest absolute Gasteiger partial charge is 0.138 e. The van der Waals surface area contributed by atoms with E-state index in [1.165, 1.54) is 10.9 Å². The molecule has 0 fully saturated rings. The first-order valence-electron chi connectivity index (χ1n) is 6.39. The first-order chi connectivity index (χ1) is 10.1. The predicted molar refractivity (Wildman–Crippen MR) is 84.9 cm³/mol. The second-order valence-electron chi connectivity index (χ2n) is 4.65. The molecule has 0 amide bonds. The molecule has 110 valence electrons. The largest absolute Gasteiger partial charge is 0.384 e. The van der Waals surface area contributed by atoms with Gasteiger partial charge in [0.05, 0.1) is 9.90 Å². The number of benzene rings is 1. The lowest BCUT2D eigenvalue weighted by atomic mass is 10.1. The number of rotatable bonds is 4. The number of aliphatic hydroxyl groups excluding tert-OH is 1. The van der Waals surface area contributed by atoms with E-state index in [4.69, 9.17) is 16.7 Å². The van der Waals surface area contributed by atoms with Crippen molar-refractivity contribution in [2.24, 2.45) is 0 Å². The first kappa shape index (κ1) is 16.0. The Morgan fingerprint density at radius 2 is 2.10 bits per heavy atom. The van der Waals surface area contributed by atoms with Crippen LogP contribution in [-0.4, -0.2) is 23.7 Å². The summed E-state index contributed by atoms with van der Waals surface area (Å²) in [5.74, 6) is 4.72. The summed E-state index contributed by atoms with van der Waals surface area (Å²) in [7, 11) is 2.00. The summed E-state index contributed by atoms with van der Waals surface area (Å²) in [6.07, 6.45) is 0. The molecule has 2 nitrogen and oxygen atoms in total. The van der Waals surface area contributed by atoms with Crippen molar-refractivity contribution >= 4 is 22.9 Å². The topological polar surface area (TPSA) is 23.5 Å². The van der Waals surface area contributed by atoms with Gasteiger partial charge in [-0.1, -0.05) is 29.5 Å². The van der Waals surface area contributed by atoms with E-state index in [1.54, 1.807) is 23.5 Å². The third-order valence-corrected chi connectivity index (χ3v) is 4.06. The molecule has 0 saturated carbocycles. The summed E-state index contributed by atoms with van der Waals surface area (Å²) in [4.78, 5) is 3.31. The van der Waals surface area contributed by atoms with Gasteiger partial charge in [0.1, 0.15) is 12.4 Å². The van der Waals surface area contributed by atoms with Crippen molar-refractivity contribution in [1.82, 2.24) is 4.90 Å². The minimum absolute atomic E-state index is 0.275. The first-order valence-corrected chi connectivity index (χ1v) is 7.59. The number of hydrogen-bond acceptors (Lipinski definition) is 3. The summed E-state index contributed by atoms with van der Waals surface area (Å²) in [6, 6.07) is 8.77. The fourth-order valence-electron chi connectivity index (χ4n) is 1.97. The van der Waals surface area contributed by atoms with E-state index in [0.717, 1.165) is 16.4 Å². The zero-order valence-electron chi connectivity index (χ0n) is 11.6. The second kappa shape index (κ2) is 7.58. The lowest BCUT2D eigenvalue weighted by molar-refractivity contribution is 0.322. The van der Waals surface area contributed by atoms with Crippen LogP contribution in [0.25, 0.3) is 0 Å². The molecule has 2 aromatic rings. The van der Waals surface area contributed by atoms with E-state index in [0.29, 0.717) is 12.1 Å². The molecule has 0 radical (unpaired) electrons. The van der Waals surface area contributed by atoms with Crippen LogP contribution in [0.1, 0.15) is 16.0 Å². The lowest BCUT2D eigenvalue weighted by Crippen LogP contribution is -2.16. The Morgan fingerprint density at radius 1 is 1.29 bits per heavy atom. The van der Waals surface area contributed by atoms with Crippen LogP contribution in [0.3, 0.4) is 0 Å². The molecule has 0 atom stereocenters. The molecule has 0 aliphatic heterocycles. The minimum Gasteiger partial charge on any atom is -0.384 e. The summed E-state index contributed by atoms with van der Waals surface area (Å²) < 4.78 is 14.3. The summed E-state index contributed by atoms with van der Waals surface area (Å²) in [5.41, 5.74) is 1.29. The number of thiophene rings is 1. The van der Waals surface area contributed by atoms with Crippen LogP contribution in [0.15, 0.2) is 30.3 Å². The van der Waals surface area contributed by atoms with Crippen molar-refractivity contribution in [3.8, 4) is 11.8 Å². The number of hydrogen-bond donors (Lipinski definition) is 1. The molecule has 0 bridgehead atoms. The average Bonchev–Trinajstić information content (AvgIpc) is 2.84. The monoisotopic (exact) mass is 323 g/mol. The van der Waals surface area contributed by atoms with Gasteiger partial charge >= 0.3 is 0 Å². The average molecular weight is 324 g/mol. The van der Waals surface area contributed by atoms with E-state index in [1.807, 2.05) is 19.2 Å². The predicted octanol–water partition coefficient (Wildman–Crippen LogP) is 3.52. The number of halogens is 2. The maximum absolute atomic E-state index is 13.6. The van der Waals surface area contributed by atoms with Crippen molar-refractivity contribution in [1.29, 1.82) is 0 Å². The molecule has 0 unspecified atom stereocenters. The van der Waals surface area contributed by atoms with Gasteiger partial charge in [-0.05, 0) is 36.9 Å². The van der Waals surface area contributed by atoms with Crippen molar-refractivity contribution in [2.75, 3.05) is 13.7 Å². The molecular formula is C16H15ClFNOS. The van der Waals surface area contributed by atoms with Crippen LogP contribution in [0.4, 0.5) is 4.39 Å². The summed E-state index contributed by atoms with van der Waals surface area (Å²) in [5, 5.41) is 8.69. The van der Waals surface area contributed by atoms with Gasteiger partial charge in [-0.25, -0.2) is 4.39 Å². The molecule has 0 spiro atoms. The van der Waals surface area contributed by atoms with Gasteiger partial charge in [0.15, 0.2) is 0 Å². The second-order valence-corrected chi connectivity index (χ2v) is 6.45. The Bertz CT molecular complexity index is 674. The number of nitrogens with zero attached hydrogens (tertiary/aromatic N) is 1. The highest BCUT2D eigenvalue weighted by atomic mass is 35.5. The lowest BCUT2D eigenvalue weighted by Gasteiger charge is -2.16. The van der Waals surface area contributed by atoms with Gasteiger partial charge in [0.2, 0.25) is 0 Å². The Labute approximate surface area is 132 Å². The molecule has 1 aromatic carbocycles. The van der Waals surface area contributed by atoms with E-state index in [2.05, 4.69) is 16.7 Å². The third-order valence-electron chi connectivity index (χ3n) is 2.84. The molecule has 5 heteroatoms. The van der Waals surface area contributed by atoms with Crippen molar-refractivity contribution < 1.29 is 9.50 Å². The fourth-order valence-corrected chi connectivity index (χ4v) is 3.14. The maximum atomic E-state index is 13.6. The van der Waals surface area contributed by atoms with E-state index < -0.39 is 0 Å². The molecule has 0 saturated heterocycles. The highest BCUT2D eigenvalue weighted by Crippen LogP contribution is 2.23.